The smallest absolute Gasteiger partial charge is 0.123 e. The van der Waals surface area contributed by atoms with Crippen LogP contribution in [0.2, 0.25) is 0 Å². The molecule has 0 rings (SSSR count). The highest BCUT2D eigenvalue weighted by Gasteiger charge is 1.95. The van der Waals surface area contributed by atoms with Gasteiger partial charge >= 0.3 is 0 Å². The molecule has 0 atom stereocenters. The van der Waals surface area contributed by atoms with Gasteiger partial charge in [0.2, 0.25) is 0 Å². The second kappa shape index (κ2) is 7.56. The Morgan fingerprint density at radius 2 is 1.82 bits per heavy atom. The molecule has 0 aromatic rings. The van der Waals surface area contributed by atoms with Crippen LogP contribution in [-0.4, -0.2) is 5.94 Å². The van der Waals surface area contributed by atoms with Crippen LogP contribution in [0.25, 0.3) is 0 Å². The predicted octanol–water partition coefficient (Wildman–Crippen LogP) is 3.12. The van der Waals surface area contributed by atoms with Gasteiger partial charge in [0.1, 0.15) is 5.94 Å². The van der Waals surface area contributed by atoms with Crippen molar-refractivity contribution in [2.75, 3.05) is 0 Å². The van der Waals surface area contributed by atoms with Crippen molar-refractivity contribution in [2.45, 2.75) is 52.4 Å². The molecular formula is C10H18O. The van der Waals surface area contributed by atoms with Gasteiger partial charge in [-0.05, 0) is 19.3 Å². The Morgan fingerprint density at radius 3 is 2.27 bits per heavy atom. The van der Waals surface area contributed by atoms with E-state index in [0.29, 0.717) is 0 Å². The number of hydrogen-bond acceptors (Lipinski definition) is 1. The third kappa shape index (κ3) is 5.87. The summed E-state index contributed by atoms with van der Waals surface area (Å²) in [5.41, 5.74) is 0.973. The molecule has 1 nitrogen and oxygen atoms in total. The third-order valence-electron chi connectivity index (χ3n) is 1.78. The maximum Gasteiger partial charge on any atom is 0.123 e. The summed E-state index contributed by atoms with van der Waals surface area (Å²) in [4.78, 5) is 10.3. The van der Waals surface area contributed by atoms with Gasteiger partial charge in [0.15, 0.2) is 0 Å². The predicted molar refractivity (Wildman–Crippen MR) is 48.3 cm³/mol. The van der Waals surface area contributed by atoms with Crippen LogP contribution in [0.1, 0.15) is 52.4 Å². The van der Waals surface area contributed by atoms with Crippen LogP contribution in [0.15, 0.2) is 5.57 Å². The van der Waals surface area contributed by atoms with Gasteiger partial charge in [-0.15, -0.1) is 0 Å². The van der Waals surface area contributed by atoms with Crippen LogP contribution in [0.5, 0.6) is 0 Å². The van der Waals surface area contributed by atoms with Gasteiger partial charge < -0.3 is 0 Å². The Labute approximate surface area is 69.5 Å². The third-order valence-corrected chi connectivity index (χ3v) is 1.78. The standard InChI is InChI=1S/C10H18O/c1-3-5-6-8-10(9-11)7-4-2/h3-8H2,1-2H3. The zero-order valence-electron chi connectivity index (χ0n) is 7.65. The van der Waals surface area contributed by atoms with Crippen LogP contribution >= 0.6 is 0 Å². The minimum atomic E-state index is 0.938. The fourth-order valence-corrected chi connectivity index (χ4v) is 1.12. The lowest BCUT2D eigenvalue weighted by molar-refractivity contribution is 0.562. The van der Waals surface area contributed by atoms with Crippen molar-refractivity contribution in [1.82, 2.24) is 0 Å². The van der Waals surface area contributed by atoms with E-state index in [1.165, 1.54) is 12.8 Å². The molecule has 0 amide bonds. The minimum Gasteiger partial charge on any atom is -0.234 e. The summed E-state index contributed by atoms with van der Waals surface area (Å²) in [5, 5.41) is 0. The molecular weight excluding hydrogens is 136 g/mol. The first-order chi connectivity index (χ1) is 5.35. The SMILES string of the molecule is CCCCCC(=C=O)CCC. The Bertz CT molecular complexity index is 132. The topological polar surface area (TPSA) is 17.1 Å². The highest BCUT2D eigenvalue weighted by molar-refractivity contribution is 5.52. The van der Waals surface area contributed by atoms with E-state index in [2.05, 4.69) is 13.8 Å². The molecule has 0 radical (unpaired) electrons. The maximum atomic E-state index is 10.3. The van der Waals surface area contributed by atoms with Crippen molar-refractivity contribution in [1.29, 1.82) is 0 Å². The lowest BCUT2D eigenvalue weighted by atomic mass is 10.1. The second-order valence-corrected chi connectivity index (χ2v) is 2.91. The quantitative estimate of drug-likeness (QED) is 0.424. The van der Waals surface area contributed by atoms with Gasteiger partial charge in [-0.25, -0.2) is 4.79 Å². The summed E-state index contributed by atoms with van der Waals surface area (Å²) >= 11 is 0. The molecule has 0 spiro atoms. The van der Waals surface area contributed by atoms with E-state index in [0.717, 1.165) is 31.3 Å². The summed E-state index contributed by atoms with van der Waals surface area (Å²) in [5.74, 6) is 2.03. The van der Waals surface area contributed by atoms with Crippen LogP contribution in [0, 0.1) is 0 Å². The van der Waals surface area contributed by atoms with Crippen LogP contribution in [-0.2, 0) is 4.79 Å². The number of rotatable bonds is 6. The molecule has 0 heterocycles. The summed E-state index contributed by atoms with van der Waals surface area (Å²) < 4.78 is 0. The minimum absolute atomic E-state index is 0.938. The molecule has 0 bridgehead atoms. The largest absolute Gasteiger partial charge is 0.234 e. The van der Waals surface area contributed by atoms with E-state index < -0.39 is 0 Å². The number of allylic oxidation sites excluding steroid dienone is 1. The van der Waals surface area contributed by atoms with Crippen molar-refractivity contribution >= 4 is 5.94 Å². The fraction of sp³-hybridized carbons (Fsp3) is 0.800. The van der Waals surface area contributed by atoms with E-state index >= 15 is 0 Å². The zero-order chi connectivity index (χ0) is 8.53. The number of hydrogen-bond donors (Lipinski definition) is 0. The molecule has 0 aromatic carbocycles. The molecule has 0 aliphatic rings. The maximum absolute atomic E-state index is 10.3. The molecule has 0 unspecified atom stereocenters. The van der Waals surface area contributed by atoms with Crippen molar-refractivity contribution in [2.24, 2.45) is 0 Å². The van der Waals surface area contributed by atoms with Gasteiger partial charge in [0, 0.05) is 5.57 Å². The fourth-order valence-electron chi connectivity index (χ4n) is 1.12. The molecule has 11 heavy (non-hydrogen) atoms. The molecule has 0 saturated carbocycles. The lowest BCUT2D eigenvalue weighted by Gasteiger charge is -1.99. The zero-order valence-corrected chi connectivity index (χ0v) is 7.65. The summed E-state index contributed by atoms with van der Waals surface area (Å²) in [6.45, 7) is 4.27. The van der Waals surface area contributed by atoms with Gasteiger partial charge in [0.05, 0.1) is 0 Å². The molecule has 0 aromatic heterocycles. The summed E-state index contributed by atoms with van der Waals surface area (Å²) in [6, 6.07) is 0. The summed E-state index contributed by atoms with van der Waals surface area (Å²) in [7, 11) is 0. The molecule has 0 fully saturated rings. The van der Waals surface area contributed by atoms with E-state index in [1.807, 2.05) is 5.94 Å². The highest BCUT2D eigenvalue weighted by atomic mass is 16.1. The van der Waals surface area contributed by atoms with Crippen molar-refractivity contribution in [3.05, 3.63) is 5.57 Å². The molecule has 64 valence electrons. The average molecular weight is 154 g/mol. The Morgan fingerprint density at radius 1 is 1.09 bits per heavy atom. The number of carbonyl (C=O) groups excluding carboxylic acids is 1. The van der Waals surface area contributed by atoms with Crippen molar-refractivity contribution < 1.29 is 4.79 Å². The van der Waals surface area contributed by atoms with Gasteiger partial charge in [-0.3, -0.25) is 0 Å². The Balaban J connectivity index is 3.46. The van der Waals surface area contributed by atoms with Gasteiger partial charge in [0.25, 0.3) is 0 Å². The lowest BCUT2D eigenvalue weighted by Crippen LogP contribution is -1.84. The van der Waals surface area contributed by atoms with E-state index in [9.17, 15) is 4.79 Å². The van der Waals surface area contributed by atoms with Crippen LogP contribution in [0.3, 0.4) is 0 Å². The molecule has 1 heteroatoms. The first-order valence-electron chi connectivity index (χ1n) is 4.58. The molecule has 0 N–H and O–H groups in total. The van der Waals surface area contributed by atoms with E-state index in [4.69, 9.17) is 0 Å². The van der Waals surface area contributed by atoms with Crippen LogP contribution in [0.4, 0.5) is 0 Å². The molecule has 0 aliphatic carbocycles. The van der Waals surface area contributed by atoms with Crippen molar-refractivity contribution in [3.63, 3.8) is 0 Å². The Kier molecular flexibility index (Phi) is 7.18. The van der Waals surface area contributed by atoms with Crippen LogP contribution < -0.4 is 0 Å². The van der Waals surface area contributed by atoms with Gasteiger partial charge in [-0.1, -0.05) is 33.1 Å². The van der Waals surface area contributed by atoms with E-state index in [1.54, 1.807) is 0 Å². The number of unbranched alkanes of at least 4 members (excludes halogenated alkanes) is 2. The first-order valence-corrected chi connectivity index (χ1v) is 4.58. The second-order valence-electron chi connectivity index (χ2n) is 2.91. The summed E-state index contributed by atoms with van der Waals surface area (Å²) in [6.07, 6.45) is 6.57. The highest BCUT2D eigenvalue weighted by Crippen LogP contribution is 2.10. The Hall–Kier alpha value is -0.550. The first kappa shape index (κ1) is 10.4. The average Bonchev–Trinajstić information content (AvgIpc) is 2.03. The van der Waals surface area contributed by atoms with Gasteiger partial charge in [-0.2, -0.15) is 0 Å². The van der Waals surface area contributed by atoms with E-state index in [-0.39, 0.29) is 0 Å². The monoisotopic (exact) mass is 154 g/mol. The molecule has 0 saturated heterocycles. The normalized spacial score (nSPS) is 9.27. The molecule has 0 aliphatic heterocycles. The van der Waals surface area contributed by atoms with Crippen molar-refractivity contribution in [3.8, 4) is 0 Å².